The van der Waals surface area contributed by atoms with Gasteiger partial charge >= 0.3 is 5.97 Å². The van der Waals surface area contributed by atoms with Crippen LogP contribution in [-0.2, 0) is 11.8 Å². The van der Waals surface area contributed by atoms with Gasteiger partial charge in [-0.15, -0.1) is 0 Å². The van der Waals surface area contributed by atoms with E-state index in [0.717, 1.165) is 28.3 Å². The first-order valence-corrected chi connectivity index (χ1v) is 10.6. The Morgan fingerprint density at radius 1 is 1.10 bits per heavy atom. The number of esters is 1. The van der Waals surface area contributed by atoms with Gasteiger partial charge in [0.1, 0.15) is 11.6 Å². The number of hydrogen-bond donors (Lipinski definition) is 1. The van der Waals surface area contributed by atoms with Crippen LogP contribution in [0.15, 0.2) is 42.5 Å². The lowest BCUT2D eigenvalue weighted by Crippen LogP contribution is -2.26. The summed E-state index contributed by atoms with van der Waals surface area (Å²) in [5.74, 6) is 2.05. The Morgan fingerprint density at radius 3 is 2.50 bits per heavy atom. The summed E-state index contributed by atoms with van der Waals surface area (Å²) in [6.45, 7) is 0. The Kier molecular flexibility index (Phi) is 5.93. The fourth-order valence-corrected chi connectivity index (χ4v) is 4.45. The van der Waals surface area contributed by atoms with E-state index in [4.69, 9.17) is 14.5 Å². The number of carbonyl (C=O) groups excluding carboxylic acids is 1. The number of benzene rings is 2. The molecular formula is C24H29N3O3. The van der Waals surface area contributed by atoms with Gasteiger partial charge in [0.15, 0.2) is 0 Å². The molecule has 1 saturated carbocycles. The molecule has 30 heavy (non-hydrogen) atoms. The second-order valence-electron chi connectivity index (χ2n) is 7.97. The van der Waals surface area contributed by atoms with E-state index in [0.29, 0.717) is 11.5 Å². The number of anilines is 1. The van der Waals surface area contributed by atoms with Crippen LogP contribution in [0.1, 0.15) is 54.3 Å². The average molecular weight is 408 g/mol. The summed E-state index contributed by atoms with van der Waals surface area (Å²) in [7, 11) is 5.15. The van der Waals surface area contributed by atoms with Crippen LogP contribution in [0.3, 0.4) is 0 Å². The average Bonchev–Trinajstić information content (AvgIpc) is 3.13. The molecule has 1 heterocycles. The number of methoxy groups -OCH3 is 2. The number of imidazole rings is 1. The molecule has 1 aromatic heterocycles. The van der Waals surface area contributed by atoms with E-state index in [1.54, 1.807) is 19.2 Å². The predicted octanol–water partition coefficient (Wildman–Crippen LogP) is 5.10. The van der Waals surface area contributed by atoms with Crippen molar-refractivity contribution in [2.75, 3.05) is 19.5 Å². The molecule has 0 bridgehead atoms. The normalized spacial score (nSPS) is 15.7. The summed E-state index contributed by atoms with van der Waals surface area (Å²) < 4.78 is 12.4. The topological polar surface area (TPSA) is 65.4 Å². The number of nitrogens with one attached hydrogen (secondary N) is 1. The molecular weight excluding hydrogens is 378 g/mol. The van der Waals surface area contributed by atoms with Crippen molar-refractivity contribution in [2.24, 2.45) is 13.0 Å². The van der Waals surface area contributed by atoms with E-state index in [-0.39, 0.29) is 12.0 Å². The van der Waals surface area contributed by atoms with Crippen LogP contribution >= 0.6 is 0 Å². The third-order valence-electron chi connectivity index (χ3n) is 6.15. The standard InChI is InChI=1S/C24H29N3O3/c1-27-21-15-19(29-2)13-14-20(21)26-23(27)22(16-7-5-4-6-8-16)25-18-11-9-17(10-12-18)24(28)30-3/h9-16,22,25H,4-8H2,1-3H3. The maximum Gasteiger partial charge on any atom is 0.337 e. The molecule has 4 rings (SSSR count). The van der Waals surface area contributed by atoms with Crippen LogP contribution in [-0.4, -0.2) is 29.7 Å². The predicted molar refractivity (Wildman–Crippen MR) is 118 cm³/mol. The van der Waals surface area contributed by atoms with E-state index in [2.05, 4.69) is 16.9 Å². The number of nitrogens with zero attached hydrogens (tertiary/aromatic N) is 2. The molecule has 1 fully saturated rings. The minimum Gasteiger partial charge on any atom is -0.497 e. The Labute approximate surface area is 177 Å². The summed E-state index contributed by atoms with van der Waals surface area (Å²) in [6.07, 6.45) is 6.18. The van der Waals surface area contributed by atoms with Crippen molar-refractivity contribution >= 4 is 22.7 Å². The van der Waals surface area contributed by atoms with Gasteiger partial charge in [-0.1, -0.05) is 19.3 Å². The van der Waals surface area contributed by atoms with Gasteiger partial charge in [0.05, 0.1) is 36.9 Å². The van der Waals surface area contributed by atoms with Crippen LogP contribution in [0.2, 0.25) is 0 Å². The Balaban J connectivity index is 1.69. The molecule has 1 atom stereocenters. The van der Waals surface area contributed by atoms with Gasteiger partial charge < -0.3 is 19.4 Å². The molecule has 1 N–H and O–H groups in total. The molecule has 0 amide bonds. The maximum atomic E-state index is 11.7. The van der Waals surface area contributed by atoms with E-state index in [1.807, 2.05) is 30.3 Å². The van der Waals surface area contributed by atoms with Gasteiger partial charge in [-0.3, -0.25) is 0 Å². The summed E-state index contributed by atoms with van der Waals surface area (Å²) in [5.41, 5.74) is 3.56. The Hall–Kier alpha value is -3.02. The number of aryl methyl sites for hydroxylation is 1. The van der Waals surface area contributed by atoms with Gasteiger partial charge in [0.25, 0.3) is 0 Å². The van der Waals surface area contributed by atoms with Crippen LogP contribution < -0.4 is 10.1 Å². The lowest BCUT2D eigenvalue weighted by atomic mass is 9.83. The van der Waals surface area contributed by atoms with Crippen molar-refractivity contribution in [3.63, 3.8) is 0 Å². The van der Waals surface area contributed by atoms with Crippen molar-refractivity contribution in [3.8, 4) is 5.75 Å². The first kappa shape index (κ1) is 20.3. The van der Waals surface area contributed by atoms with Crippen LogP contribution in [0.4, 0.5) is 5.69 Å². The summed E-state index contributed by atoms with van der Waals surface area (Å²) in [5, 5.41) is 3.71. The number of ether oxygens (including phenoxy) is 2. The monoisotopic (exact) mass is 407 g/mol. The van der Waals surface area contributed by atoms with E-state index in [1.165, 1.54) is 39.2 Å². The van der Waals surface area contributed by atoms with Gasteiger partial charge in [-0.25, -0.2) is 9.78 Å². The summed E-state index contributed by atoms with van der Waals surface area (Å²) in [4.78, 5) is 16.7. The molecule has 6 heteroatoms. The zero-order valence-corrected chi connectivity index (χ0v) is 17.9. The van der Waals surface area contributed by atoms with Gasteiger partial charge in [-0.05, 0) is 55.2 Å². The van der Waals surface area contributed by atoms with Crippen molar-refractivity contribution in [1.82, 2.24) is 9.55 Å². The SMILES string of the molecule is COC(=O)c1ccc(NC(c2nc3ccc(OC)cc3n2C)C2CCCCC2)cc1. The van der Waals surface area contributed by atoms with Crippen molar-refractivity contribution in [3.05, 3.63) is 53.9 Å². The first-order chi connectivity index (χ1) is 14.6. The second-order valence-corrected chi connectivity index (χ2v) is 7.97. The lowest BCUT2D eigenvalue weighted by molar-refractivity contribution is 0.0601. The van der Waals surface area contributed by atoms with Crippen molar-refractivity contribution in [2.45, 2.75) is 38.1 Å². The molecule has 0 radical (unpaired) electrons. The van der Waals surface area contributed by atoms with Crippen LogP contribution in [0.5, 0.6) is 5.75 Å². The highest BCUT2D eigenvalue weighted by Crippen LogP contribution is 2.37. The lowest BCUT2D eigenvalue weighted by Gasteiger charge is -2.31. The maximum absolute atomic E-state index is 11.7. The van der Waals surface area contributed by atoms with Crippen LogP contribution in [0, 0.1) is 5.92 Å². The Morgan fingerprint density at radius 2 is 1.83 bits per heavy atom. The van der Waals surface area contributed by atoms with Gasteiger partial charge in [0, 0.05) is 18.8 Å². The zero-order valence-electron chi connectivity index (χ0n) is 17.9. The third kappa shape index (κ3) is 3.99. The summed E-state index contributed by atoms with van der Waals surface area (Å²) >= 11 is 0. The highest BCUT2D eigenvalue weighted by Gasteiger charge is 2.29. The van der Waals surface area contributed by atoms with E-state index < -0.39 is 0 Å². The first-order valence-electron chi connectivity index (χ1n) is 10.6. The fourth-order valence-electron chi connectivity index (χ4n) is 4.45. The quantitative estimate of drug-likeness (QED) is 0.576. The third-order valence-corrected chi connectivity index (χ3v) is 6.15. The fraction of sp³-hybridized carbons (Fsp3) is 0.417. The minimum absolute atomic E-state index is 0.0951. The molecule has 0 spiro atoms. The minimum atomic E-state index is -0.324. The molecule has 0 saturated heterocycles. The van der Waals surface area contributed by atoms with E-state index >= 15 is 0 Å². The highest BCUT2D eigenvalue weighted by atomic mass is 16.5. The second kappa shape index (κ2) is 8.78. The number of hydrogen-bond acceptors (Lipinski definition) is 5. The molecule has 6 nitrogen and oxygen atoms in total. The molecule has 0 aliphatic heterocycles. The van der Waals surface area contributed by atoms with Crippen LogP contribution in [0.25, 0.3) is 11.0 Å². The van der Waals surface area contributed by atoms with E-state index in [9.17, 15) is 4.79 Å². The molecule has 2 aromatic carbocycles. The molecule has 3 aromatic rings. The van der Waals surface area contributed by atoms with Crippen molar-refractivity contribution < 1.29 is 14.3 Å². The van der Waals surface area contributed by atoms with Gasteiger partial charge in [0.2, 0.25) is 0 Å². The number of fused-ring (bicyclic) bond motifs is 1. The highest BCUT2D eigenvalue weighted by molar-refractivity contribution is 5.89. The largest absolute Gasteiger partial charge is 0.497 e. The molecule has 1 aliphatic carbocycles. The number of carbonyl (C=O) groups is 1. The number of rotatable bonds is 6. The number of aromatic nitrogens is 2. The zero-order chi connectivity index (χ0) is 21.1. The van der Waals surface area contributed by atoms with Crippen molar-refractivity contribution in [1.29, 1.82) is 0 Å². The molecule has 1 unspecified atom stereocenters. The Bertz CT molecular complexity index is 1020. The summed E-state index contributed by atoms with van der Waals surface area (Å²) in [6, 6.07) is 13.6. The molecule has 158 valence electrons. The van der Waals surface area contributed by atoms with Gasteiger partial charge in [-0.2, -0.15) is 0 Å². The molecule has 1 aliphatic rings. The smallest absolute Gasteiger partial charge is 0.337 e.